The number of carbonyl (C=O) groups is 1. The molecule has 2 aliphatic heterocycles. The molecule has 2 heterocycles. The number of amidine groups is 1. The Morgan fingerprint density at radius 2 is 1.87 bits per heavy atom. The van der Waals surface area contributed by atoms with E-state index >= 15 is 0 Å². The molecule has 2 atom stereocenters. The molecule has 6 nitrogen and oxygen atoms in total. The summed E-state index contributed by atoms with van der Waals surface area (Å²) in [5, 5.41) is 3.31. The second-order valence-electron chi connectivity index (χ2n) is 7.37. The van der Waals surface area contributed by atoms with Gasteiger partial charge >= 0.3 is 0 Å². The van der Waals surface area contributed by atoms with Crippen molar-refractivity contribution in [2.75, 3.05) is 28.3 Å². The van der Waals surface area contributed by atoms with Gasteiger partial charge in [0, 0.05) is 16.6 Å². The molecular weight excluding hydrogens is 425 g/mol. The van der Waals surface area contributed by atoms with E-state index in [1.54, 1.807) is 0 Å². The van der Waals surface area contributed by atoms with E-state index in [0.29, 0.717) is 10.9 Å². The van der Waals surface area contributed by atoms with E-state index in [1.165, 1.54) is 41.6 Å². The minimum absolute atomic E-state index is 0.0148. The number of anilines is 2. The van der Waals surface area contributed by atoms with Crippen molar-refractivity contribution in [3.8, 4) is 0 Å². The molecule has 1 amide bonds. The van der Waals surface area contributed by atoms with Crippen LogP contribution in [0.1, 0.15) is 12.5 Å². The summed E-state index contributed by atoms with van der Waals surface area (Å²) in [5.41, 5.74) is 2.50. The molecule has 1 saturated heterocycles. The first kappa shape index (κ1) is 20.9. The van der Waals surface area contributed by atoms with Crippen LogP contribution in [0.25, 0.3) is 0 Å². The summed E-state index contributed by atoms with van der Waals surface area (Å²) in [7, 11) is -3.05. The molecule has 0 bridgehead atoms. The molecule has 30 heavy (non-hydrogen) atoms. The van der Waals surface area contributed by atoms with E-state index in [0.717, 1.165) is 12.1 Å². The molecule has 2 aromatic carbocycles. The topological polar surface area (TPSA) is 78.8 Å². The highest BCUT2D eigenvalue weighted by Crippen LogP contribution is 2.36. The predicted molar refractivity (Wildman–Crippen MR) is 119 cm³/mol. The van der Waals surface area contributed by atoms with E-state index in [2.05, 4.69) is 17.2 Å². The Bertz CT molecular complexity index is 1070. The molecule has 0 unspecified atom stereocenters. The fourth-order valence-corrected chi connectivity index (χ4v) is 7.31. The number of carbonyl (C=O) groups excluding carboxylic acids is 1. The number of aryl methyl sites for hydroxylation is 1. The van der Waals surface area contributed by atoms with Crippen LogP contribution in [0.5, 0.6) is 0 Å². The fourth-order valence-electron chi connectivity index (χ4n) is 3.53. The van der Waals surface area contributed by atoms with Gasteiger partial charge in [0.15, 0.2) is 15.0 Å². The summed E-state index contributed by atoms with van der Waals surface area (Å²) in [6.45, 7) is 2.09. The number of nitrogens with one attached hydrogen (secondary N) is 1. The lowest BCUT2D eigenvalue weighted by molar-refractivity contribution is -0.114. The highest BCUT2D eigenvalue weighted by molar-refractivity contribution is 8.15. The Balaban J connectivity index is 1.56. The van der Waals surface area contributed by atoms with E-state index in [1.807, 2.05) is 29.2 Å². The standard InChI is InChI=1S/C21H22FN3O3S2/c1-2-14-3-9-17(10-4-14)25(11-20(26)23-16-7-5-15(22)6-8-16)21-24-18-12-30(27,28)13-19(18)29-21/h3-10,18-19H,2,11-13H2,1H3,(H,23,26)/t18-,19-/m1/s1. The molecule has 4 rings (SSSR count). The average molecular weight is 448 g/mol. The number of amides is 1. The maximum absolute atomic E-state index is 13.1. The first-order chi connectivity index (χ1) is 14.3. The average Bonchev–Trinajstić information content (AvgIpc) is 3.21. The number of nitrogens with zero attached hydrogens (tertiary/aromatic N) is 2. The van der Waals surface area contributed by atoms with Gasteiger partial charge in [-0.3, -0.25) is 9.79 Å². The Labute approximate surface area is 179 Å². The number of halogens is 1. The number of hydrogen-bond donors (Lipinski definition) is 1. The number of sulfone groups is 1. The smallest absolute Gasteiger partial charge is 0.244 e. The monoisotopic (exact) mass is 447 g/mol. The molecule has 0 aliphatic carbocycles. The van der Waals surface area contributed by atoms with Gasteiger partial charge in [0.25, 0.3) is 0 Å². The second-order valence-corrected chi connectivity index (χ2v) is 10.7. The van der Waals surface area contributed by atoms with E-state index < -0.39 is 9.84 Å². The molecule has 158 valence electrons. The Kier molecular flexibility index (Phi) is 5.84. The van der Waals surface area contributed by atoms with Gasteiger partial charge in [0.1, 0.15) is 12.4 Å². The van der Waals surface area contributed by atoms with Crippen LogP contribution in [-0.2, 0) is 21.1 Å². The maximum atomic E-state index is 13.1. The first-order valence-electron chi connectivity index (χ1n) is 9.70. The minimum Gasteiger partial charge on any atom is -0.325 e. The summed E-state index contributed by atoms with van der Waals surface area (Å²) in [6.07, 6.45) is 0.906. The van der Waals surface area contributed by atoms with Gasteiger partial charge in [-0.1, -0.05) is 30.8 Å². The fraction of sp³-hybridized carbons (Fsp3) is 0.333. The Morgan fingerprint density at radius 3 is 2.50 bits per heavy atom. The highest BCUT2D eigenvalue weighted by Gasteiger charge is 2.44. The van der Waals surface area contributed by atoms with Gasteiger partial charge < -0.3 is 10.2 Å². The zero-order valence-corrected chi connectivity index (χ0v) is 18.0. The van der Waals surface area contributed by atoms with Crippen LogP contribution in [0.4, 0.5) is 15.8 Å². The van der Waals surface area contributed by atoms with Crippen LogP contribution in [0.2, 0.25) is 0 Å². The minimum atomic E-state index is -3.05. The van der Waals surface area contributed by atoms with Gasteiger partial charge in [0.2, 0.25) is 5.91 Å². The summed E-state index contributed by atoms with van der Waals surface area (Å²) in [5.74, 6) is -0.476. The van der Waals surface area contributed by atoms with Gasteiger partial charge in [-0.25, -0.2) is 12.8 Å². The molecule has 0 saturated carbocycles. The van der Waals surface area contributed by atoms with Crippen LogP contribution in [-0.4, -0.2) is 48.8 Å². The molecular formula is C21H22FN3O3S2. The van der Waals surface area contributed by atoms with Crippen molar-refractivity contribution >= 4 is 44.0 Å². The number of fused-ring (bicyclic) bond motifs is 1. The van der Waals surface area contributed by atoms with Crippen molar-refractivity contribution in [1.82, 2.24) is 0 Å². The van der Waals surface area contributed by atoms with Crippen LogP contribution in [0.15, 0.2) is 53.5 Å². The second kappa shape index (κ2) is 8.39. The third-order valence-electron chi connectivity index (χ3n) is 5.12. The van der Waals surface area contributed by atoms with Crippen molar-refractivity contribution in [3.63, 3.8) is 0 Å². The number of rotatable bonds is 5. The molecule has 0 spiro atoms. The number of thioether (sulfide) groups is 1. The molecule has 9 heteroatoms. The van der Waals surface area contributed by atoms with Crippen molar-refractivity contribution in [3.05, 3.63) is 59.9 Å². The van der Waals surface area contributed by atoms with E-state index in [9.17, 15) is 17.6 Å². The molecule has 0 aromatic heterocycles. The number of aliphatic imine (C=N–C) groups is 1. The number of benzene rings is 2. The summed E-state index contributed by atoms with van der Waals surface area (Å²) in [6, 6.07) is 13.2. The highest BCUT2D eigenvalue weighted by atomic mass is 32.2. The van der Waals surface area contributed by atoms with Crippen LogP contribution in [0.3, 0.4) is 0 Å². The molecule has 2 aliphatic rings. The number of hydrogen-bond acceptors (Lipinski definition) is 6. The molecule has 2 aromatic rings. The van der Waals surface area contributed by atoms with Crippen LogP contribution < -0.4 is 10.2 Å². The lowest BCUT2D eigenvalue weighted by Crippen LogP contribution is -2.36. The maximum Gasteiger partial charge on any atom is 0.244 e. The van der Waals surface area contributed by atoms with Crippen molar-refractivity contribution in [2.24, 2.45) is 4.99 Å². The Hall–Kier alpha value is -2.39. The quantitative estimate of drug-likeness (QED) is 0.762. The van der Waals surface area contributed by atoms with Crippen LogP contribution >= 0.6 is 11.8 Å². The summed E-state index contributed by atoms with van der Waals surface area (Å²) >= 11 is 1.41. The third-order valence-corrected chi connectivity index (χ3v) is 8.37. The lowest BCUT2D eigenvalue weighted by Gasteiger charge is -2.24. The largest absolute Gasteiger partial charge is 0.325 e. The Morgan fingerprint density at radius 1 is 1.17 bits per heavy atom. The first-order valence-corrected chi connectivity index (χ1v) is 12.4. The SMILES string of the molecule is CCc1ccc(N(CC(=O)Nc2ccc(F)cc2)C2=N[C@@H]3CS(=O)(=O)C[C@H]3S2)cc1. The third kappa shape index (κ3) is 4.67. The van der Waals surface area contributed by atoms with Gasteiger partial charge in [0.05, 0.1) is 17.5 Å². The zero-order chi connectivity index (χ0) is 21.3. The lowest BCUT2D eigenvalue weighted by atomic mass is 10.1. The van der Waals surface area contributed by atoms with Gasteiger partial charge in [-0.15, -0.1) is 0 Å². The van der Waals surface area contributed by atoms with E-state index in [4.69, 9.17) is 0 Å². The molecule has 1 N–H and O–H groups in total. The summed E-state index contributed by atoms with van der Waals surface area (Å²) < 4.78 is 36.9. The van der Waals surface area contributed by atoms with E-state index in [-0.39, 0.29) is 41.1 Å². The molecule has 0 radical (unpaired) electrons. The zero-order valence-electron chi connectivity index (χ0n) is 16.4. The predicted octanol–water partition coefficient (Wildman–Crippen LogP) is 3.10. The normalized spacial score (nSPS) is 21.7. The molecule has 1 fully saturated rings. The van der Waals surface area contributed by atoms with Crippen molar-refractivity contribution in [2.45, 2.75) is 24.6 Å². The van der Waals surface area contributed by atoms with Crippen molar-refractivity contribution < 1.29 is 17.6 Å². The summed E-state index contributed by atoms with van der Waals surface area (Å²) in [4.78, 5) is 19.2. The van der Waals surface area contributed by atoms with Gasteiger partial charge in [-0.05, 0) is 48.4 Å². The van der Waals surface area contributed by atoms with Gasteiger partial charge in [-0.2, -0.15) is 0 Å². The van der Waals surface area contributed by atoms with Crippen LogP contribution in [0, 0.1) is 5.82 Å². The van der Waals surface area contributed by atoms with Crippen molar-refractivity contribution in [1.29, 1.82) is 0 Å².